The van der Waals surface area contributed by atoms with Gasteiger partial charge in [-0.25, -0.2) is 22.5 Å². The van der Waals surface area contributed by atoms with Crippen molar-refractivity contribution in [1.29, 1.82) is 0 Å². The van der Waals surface area contributed by atoms with Gasteiger partial charge in [0.15, 0.2) is 0 Å². The number of hydrogen-bond donors (Lipinski definition) is 1. The van der Waals surface area contributed by atoms with Gasteiger partial charge in [0.25, 0.3) is 17.4 Å². The number of rotatable bonds is 6. The van der Waals surface area contributed by atoms with Crippen molar-refractivity contribution < 1.29 is 22.4 Å². The van der Waals surface area contributed by atoms with Crippen LogP contribution in [0, 0.1) is 11.6 Å². The van der Waals surface area contributed by atoms with Crippen LogP contribution in [-0.4, -0.2) is 44.4 Å². The van der Waals surface area contributed by atoms with Gasteiger partial charge in [-0.05, 0) is 42.8 Å². The molecular formula is C28H25F4N5O2. The molecule has 1 atom stereocenters. The molecule has 0 spiro atoms. The molecule has 3 heterocycles. The lowest BCUT2D eigenvalue weighted by Gasteiger charge is -2.31. The molecule has 0 aliphatic carbocycles. The quantitative estimate of drug-likeness (QED) is 0.343. The van der Waals surface area contributed by atoms with Crippen LogP contribution < -0.4 is 10.9 Å². The van der Waals surface area contributed by atoms with Crippen LogP contribution in [0.25, 0.3) is 11.0 Å². The standard InChI is InChI=1S/C28H25F4N5O2/c1-17(18-5-7-19(8-6-18)26(39)36-13-11-28(31,32)12-14-36)34-27-33-15-20-9-10-24(38)37(25(20)35-27)16-21-22(29)3-2-4-23(21)30/h2-10,15,17H,11-14,16H2,1H3,(H,33,34,35). The van der Waals surface area contributed by atoms with Crippen molar-refractivity contribution in [2.45, 2.75) is 38.3 Å². The van der Waals surface area contributed by atoms with Crippen molar-refractivity contribution in [3.05, 3.63) is 99.5 Å². The van der Waals surface area contributed by atoms with Crippen LogP contribution in [0.15, 0.2) is 65.6 Å². The van der Waals surface area contributed by atoms with E-state index in [1.807, 2.05) is 6.92 Å². The minimum absolute atomic E-state index is 0.0134. The number of aromatic nitrogens is 3. The molecule has 1 saturated heterocycles. The molecule has 0 radical (unpaired) electrons. The zero-order valence-corrected chi connectivity index (χ0v) is 21.0. The third-order valence-corrected chi connectivity index (χ3v) is 6.89. The van der Waals surface area contributed by atoms with Gasteiger partial charge in [-0.15, -0.1) is 0 Å². The lowest BCUT2D eigenvalue weighted by atomic mass is 10.0. The van der Waals surface area contributed by atoms with E-state index >= 15 is 0 Å². The molecule has 1 aliphatic heterocycles. The molecule has 202 valence electrons. The summed E-state index contributed by atoms with van der Waals surface area (Å²) in [6.07, 6.45) is 0.828. The van der Waals surface area contributed by atoms with Gasteiger partial charge in [-0.3, -0.25) is 14.2 Å². The van der Waals surface area contributed by atoms with Crippen LogP contribution in [0.4, 0.5) is 23.5 Å². The Bertz CT molecular complexity index is 1560. The van der Waals surface area contributed by atoms with Gasteiger partial charge < -0.3 is 10.2 Å². The van der Waals surface area contributed by atoms with E-state index in [2.05, 4.69) is 15.3 Å². The molecule has 0 bridgehead atoms. The van der Waals surface area contributed by atoms with Crippen LogP contribution in [0.3, 0.4) is 0 Å². The number of alkyl halides is 2. The van der Waals surface area contributed by atoms with E-state index in [1.165, 1.54) is 33.9 Å². The van der Waals surface area contributed by atoms with E-state index in [0.29, 0.717) is 10.9 Å². The third kappa shape index (κ3) is 5.62. The lowest BCUT2D eigenvalue weighted by molar-refractivity contribution is -0.0494. The number of likely N-dealkylation sites (tertiary alicyclic amines) is 1. The second kappa shape index (κ2) is 10.5. The highest BCUT2D eigenvalue weighted by Gasteiger charge is 2.35. The highest BCUT2D eigenvalue weighted by atomic mass is 19.3. The zero-order chi connectivity index (χ0) is 27.7. The summed E-state index contributed by atoms with van der Waals surface area (Å²) in [4.78, 5) is 35.5. The Labute approximate surface area is 221 Å². The Balaban J connectivity index is 1.34. The van der Waals surface area contributed by atoms with Crippen LogP contribution in [-0.2, 0) is 6.54 Å². The Morgan fingerprint density at radius 2 is 1.69 bits per heavy atom. The van der Waals surface area contributed by atoms with Gasteiger partial charge in [0.2, 0.25) is 5.95 Å². The Morgan fingerprint density at radius 3 is 2.36 bits per heavy atom. The molecule has 2 aromatic heterocycles. The summed E-state index contributed by atoms with van der Waals surface area (Å²) in [6.45, 7) is 1.54. The van der Waals surface area contributed by atoms with Crippen LogP contribution in [0.2, 0.25) is 0 Å². The highest BCUT2D eigenvalue weighted by Crippen LogP contribution is 2.28. The molecule has 4 aromatic rings. The van der Waals surface area contributed by atoms with Crippen molar-refractivity contribution in [1.82, 2.24) is 19.4 Å². The molecule has 1 N–H and O–H groups in total. The Kier molecular flexibility index (Phi) is 7.07. The molecule has 1 unspecified atom stereocenters. The van der Waals surface area contributed by atoms with Gasteiger partial charge in [0.1, 0.15) is 17.3 Å². The van der Waals surface area contributed by atoms with Gasteiger partial charge in [-0.1, -0.05) is 18.2 Å². The summed E-state index contributed by atoms with van der Waals surface area (Å²) in [5, 5.41) is 3.66. The third-order valence-electron chi connectivity index (χ3n) is 6.89. The molecule has 1 fully saturated rings. The second-order valence-electron chi connectivity index (χ2n) is 9.57. The monoisotopic (exact) mass is 539 g/mol. The first-order valence-corrected chi connectivity index (χ1v) is 12.4. The van der Waals surface area contributed by atoms with Gasteiger partial charge in [-0.2, -0.15) is 4.98 Å². The molecule has 1 amide bonds. The number of piperidine rings is 1. The SMILES string of the molecule is CC(Nc1ncc2ccc(=O)n(Cc3c(F)cccc3F)c2n1)c1ccc(C(=O)N2CCC(F)(F)CC2)cc1. The number of nitrogens with one attached hydrogen (secondary N) is 1. The zero-order valence-electron chi connectivity index (χ0n) is 21.0. The maximum Gasteiger partial charge on any atom is 0.253 e. The molecule has 1 aliphatic rings. The van der Waals surface area contributed by atoms with Gasteiger partial charge in [0.05, 0.1) is 12.6 Å². The fraction of sp³-hybridized carbons (Fsp3) is 0.286. The first-order chi connectivity index (χ1) is 18.6. The van der Waals surface area contributed by atoms with E-state index in [4.69, 9.17) is 0 Å². The van der Waals surface area contributed by atoms with Gasteiger partial charge >= 0.3 is 0 Å². The predicted octanol–water partition coefficient (Wildman–Crippen LogP) is 5.16. The smallest absolute Gasteiger partial charge is 0.253 e. The number of pyridine rings is 1. The van der Waals surface area contributed by atoms with Crippen molar-refractivity contribution in [3.63, 3.8) is 0 Å². The summed E-state index contributed by atoms with van der Waals surface area (Å²) < 4.78 is 56.6. The first kappa shape index (κ1) is 26.3. The Morgan fingerprint density at radius 1 is 1.03 bits per heavy atom. The number of fused-ring (bicyclic) bond motifs is 1. The maximum atomic E-state index is 14.3. The summed E-state index contributed by atoms with van der Waals surface area (Å²) in [7, 11) is 0. The number of anilines is 1. The largest absolute Gasteiger partial charge is 0.348 e. The van der Waals surface area contributed by atoms with Crippen LogP contribution in [0.5, 0.6) is 0 Å². The molecule has 11 heteroatoms. The molecule has 0 saturated carbocycles. The van der Waals surface area contributed by atoms with E-state index in [1.54, 1.807) is 24.3 Å². The topological polar surface area (TPSA) is 80.1 Å². The van der Waals surface area contributed by atoms with Crippen LogP contribution in [0.1, 0.15) is 47.3 Å². The maximum absolute atomic E-state index is 14.3. The molecule has 2 aromatic carbocycles. The fourth-order valence-electron chi connectivity index (χ4n) is 4.55. The lowest BCUT2D eigenvalue weighted by Crippen LogP contribution is -2.42. The van der Waals surface area contributed by atoms with E-state index in [-0.39, 0.29) is 61.6 Å². The van der Waals surface area contributed by atoms with Crippen molar-refractivity contribution in [2.75, 3.05) is 18.4 Å². The summed E-state index contributed by atoms with van der Waals surface area (Å²) >= 11 is 0. The van der Waals surface area contributed by atoms with E-state index in [9.17, 15) is 27.2 Å². The fourth-order valence-corrected chi connectivity index (χ4v) is 4.55. The first-order valence-electron chi connectivity index (χ1n) is 12.4. The van der Waals surface area contributed by atoms with E-state index in [0.717, 1.165) is 17.7 Å². The summed E-state index contributed by atoms with van der Waals surface area (Å²) in [5.41, 5.74) is 0.701. The number of halogens is 4. The Hall–Kier alpha value is -4.28. The molecular weight excluding hydrogens is 514 g/mol. The predicted molar refractivity (Wildman–Crippen MR) is 138 cm³/mol. The number of benzene rings is 2. The molecule has 7 nitrogen and oxygen atoms in total. The number of carbonyl (C=O) groups excluding carboxylic acids is 1. The minimum atomic E-state index is -2.73. The normalized spacial score (nSPS) is 15.8. The highest BCUT2D eigenvalue weighted by molar-refractivity contribution is 5.94. The van der Waals surface area contributed by atoms with Crippen LogP contribution >= 0.6 is 0 Å². The summed E-state index contributed by atoms with van der Waals surface area (Å²) in [6, 6.07) is 12.8. The number of amides is 1. The second-order valence-corrected chi connectivity index (χ2v) is 9.57. The van der Waals surface area contributed by atoms with Crippen molar-refractivity contribution >= 4 is 22.9 Å². The average Bonchev–Trinajstić information content (AvgIpc) is 2.91. The minimum Gasteiger partial charge on any atom is -0.348 e. The number of carbonyl (C=O) groups is 1. The van der Waals surface area contributed by atoms with Crippen molar-refractivity contribution in [2.24, 2.45) is 0 Å². The van der Waals surface area contributed by atoms with E-state index < -0.39 is 23.1 Å². The molecule has 5 rings (SSSR count). The van der Waals surface area contributed by atoms with Crippen molar-refractivity contribution in [3.8, 4) is 0 Å². The number of nitrogens with zero attached hydrogens (tertiary/aromatic N) is 4. The average molecular weight is 540 g/mol. The number of hydrogen-bond acceptors (Lipinski definition) is 5. The summed E-state index contributed by atoms with van der Waals surface area (Å²) in [5.74, 6) is -4.35. The van der Waals surface area contributed by atoms with Gasteiger partial charge in [0, 0.05) is 54.7 Å². The molecule has 39 heavy (non-hydrogen) atoms.